The minimum Gasteiger partial charge on any atom is -0.489 e. The van der Waals surface area contributed by atoms with Crippen LogP contribution in [0.5, 0.6) is 11.5 Å². The Morgan fingerprint density at radius 3 is 2.47 bits per heavy atom. The molecule has 0 aromatic heterocycles. The van der Waals surface area contributed by atoms with Crippen LogP contribution in [0.3, 0.4) is 0 Å². The minimum absolute atomic E-state index is 0.0249. The topological polar surface area (TPSA) is 76.1 Å². The minimum atomic E-state index is -1.13. The molecule has 0 aliphatic rings. The maximum absolute atomic E-state index is 11.4. The van der Waals surface area contributed by atoms with Crippen molar-refractivity contribution in [2.45, 2.75) is 0 Å². The molecule has 0 aliphatic heterocycles. The normalized spacial score (nSPS) is 9.58. The molecule has 1 aromatic rings. The van der Waals surface area contributed by atoms with Crippen LogP contribution < -0.4 is 9.47 Å². The first-order chi connectivity index (χ1) is 8.93. The fourth-order valence-corrected chi connectivity index (χ4v) is 1.18. The standard InChI is InChI=1S/C13H15NO5/c1-4-5-18-10-6-9(12(15)16)7-11(8-10)19-13(17)14(2)3/h4,6-8H,1,5H2,2-3H3,(H,15,16). The summed E-state index contributed by atoms with van der Waals surface area (Å²) in [5.41, 5.74) is -0.0249. The molecule has 19 heavy (non-hydrogen) atoms. The van der Waals surface area contributed by atoms with Gasteiger partial charge in [-0.05, 0) is 12.1 Å². The van der Waals surface area contributed by atoms with Gasteiger partial charge in [-0.2, -0.15) is 0 Å². The monoisotopic (exact) mass is 265 g/mol. The lowest BCUT2D eigenvalue weighted by atomic mass is 10.2. The molecule has 0 heterocycles. The van der Waals surface area contributed by atoms with Crippen LogP contribution in [0.4, 0.5) is 4.79 Å². The Morgan fingerprint density at radius 1 is 1.32 bits per heavy atom. The number of nitrogens with zero attached hydrogens (tertiary/aromatic N) is 1. The third-order valence-corrected chi connectivity index (χ3v) is 2.07. The highest BCUT2D eigenvalue weighted by Crippen LogP contribution is 2.23. The van der Waals surface area contributed by atoms with E-state index >= 15 is 0 Å². The lowest BCUT2D eigenvalue weighted by Gasteiger charge is -2.12. The average Bonchev–Trinajstić information content (AvgIpc) is 2.35. The van der Waals surface area contributed by atoms with E-state index in [0.29, 0.717) is 5.75 Å². The van der Waals surface area contributed by atoms with E-state index in [1.165, 1.54) is 43.3 Å². The van der Waals surface area contributed by atoms with Crippen molar-refractivity contribution in [3.8, 4) is 11.5 Å². The van der Waals surface area contributed by atoms with Crippen molar-refractivity contribution >= 4 is 12.1 Å². The first-order valence-corrected chi connectivity index (χ1v) is 5.45. The maximum atomic E-state index is 11.4. The number of carboxylic acids is 1. The van der Waals surface area contributed by atoms with Crippen LogP contribution in [-0.4, -0.2) is 42.8 Å². The molecule has 0 atom stereocenters. The fraction of sp³-hybridized carbons (Fsp3) is 0.231. The highest BCUT2D eigenvalue weighted by atomic mass is 16.6. The smallest absolute Gasteiger partial charge is 0.414 e. The van der Waals surface area contributed by atoms with Crippen LogP contribution in [-0.2, 0) is 0 Å². The second kappa shape index (κ2) is 6.44. The van der Waals surface area contributed by atoms with Crippen LogP contribution in [0.15, 0.2) is 30.9 Å². The summed E-state index contributed by atoms with van der Waals surface area (Å²) in [7, 11) is 3.05. The van der Waals surface area contributed by atoms with Gasteiger partial charge in [-0.1, -0.05) is 12.7 Å². The van der Waals surface area contributed by atoms with E-state index in [2.05, 4.69) is 6.58 Å². The van der Waals surface area contributed by atoms with Gasteiger partial charge in [-0.15, -0.1) is 0 Å². The Hall–Kier alpha value is -2.50. The Morgan fingerprint density at radius 2 is 1.95 bits per heavy atom. The van der Waals surface area contributed by atoms with Crippen molar-refractivity contribution in [1.82, 2.24) is 4.90 Å². The molecule has 0 aliphatic carbocycles. The Kier molecular flexibility index (Phi) is 4.93. The molecule has 0 bridgehead atoms. The zero-order valence-corrected chi connectivity index (χ0v) is 10.8. The molecule has 0 saturated heterocycles. The zero-order chi connectivity index (χ0) is 14.4. The van der Waals surface area contributed by atoms with Gasteiger partial charge in [-0.3, -0.25) is 0 Å². The van der Waals surface area contributed by atoms with Gasteiger partial charge in [0.05, 0.1) is 5.56 Å². The summed E-state index contributed by atoms with van der Waals surface area (Å²) in [6.07, 6.45) is 0.927. The largest absolute Gasteiger partial charge is 0.489 e. The van der Waals surface area contributed by atoms with Gasteiger partial charge in [0.1, 0.15) is 18.1 Å². The molecular weight excluding hydrogens is 250 g/mol. The Bertz CT molecular complexity index is 496. The van der Waals surface area contributed by atoms with Gasteiger partial charge in [0.2, 0.25) is 0 Å². The molecule has 1 N–H and O–H groups in total. The zero-order valence-electron chi connectivity index (χ0n) is 10.8. The summed E-state index contributed by atoms with van der Waals surface area (Å²) in [4.78, 5) is 23.6. The molecule has 6 heteroatoms. The number of rotatable bonds is 5. The number of hydrogen-bond acceptors (Lipinski definition) is 4. The van der Waals surface area contributed by atoms with E-state index in [4.69, 9.17) is 14.6 Å². The summed E-state index contributed by atoms with van der Waals surface area (Å²) >= 11 is 0. The number of hydrogen-bond donors (Lipinski definition) is 1. The number of carbonyl (C=O) groups is 2. The van der Waals surface area contributed by atoms with Crippen molar-refractivity contribution in [1.29, 1.82) is 0 Å². The second-order valence-corrected chi connectivity index (χ2v) is 3.86. The Labute approximate surface area is 110 Å². The number of carbonyl (C=O) groups excluding carboxylic acids is 1. The van der Waals surface area contributed by atoms with Gasteiger partial charge in [-0.25, -0.2) is 9.59 Å². The fourth-order valence-electron chi connectivity index (χ4n) is 1.18. The quantitative estimate of drug-likeness (QED) is 0.824. The summed E-state index contributed by atoms with van der Waals surface area (Å²) in [6, 6.07) is 4.04. The average molecular weight is 265 g/mol. The van der Waals surface area contributed by atoms with E-state index in [1.54, 1.807) is 0 Å². The predicted octanol–water partition coefficient (Wildman–Crippen LogP) is 2.01. The van der Waals surface area contributed by atoms with E-state index in [0.717, 1.165) is 0 Å². The van der Waals surface area contributed by atoms with Crippen molar-refractivity contribution in [3.05, 3.63) is 36.4 Å². The number of ether oxygens (including phenoxy) is 2. The molecule has 1 aromatic carbocycles. The van der Waals surface area contributed by atoms with Crippen LogP contribution in [0.1, 0.15) is 10.4 Å². The molecule has 0 radical (unpaired) electrons. The number of amides is 1. The van der Waals surface area contributed by atoms with Gasteiger partial charge in [0, 0.05) is 20.2 Å². The first-order valence-electron chi connectivity index (χ1n) is 5.45. The van der Waals surface area contributed by atoms with Gasteiger partial charge < -0.3 is 19.5 Å². The summed E-state index contributed by atoms with van der Waals surface area (Å²) in [5, 5.41) is 8.98. The van der Waals surface area contributed by atoms with Crippen molar-refractivity contribution < 1.29 is 24.2 Å². The number of benzene rings is 1. The van der Waals surface area contributed by atoms with Gasteiger partial charge in [0.15, 0.2) is 0 Å². The van der Waals surface area contributed by atoms with Crippen LogP contribution in [0.2, 0.25) is 0 Å². The highest BCUT2D eigenvalue weighted by molar-refractivity contribution is 5.89. The third-order valence-electron chi connectivity index (χ3n) is 2.07. The van der Waals surface area contributed by atoms with Crippen molar-refractivity contribution in [2.24, 2.45) is 0 Å². The van der Waals surface area contributed by atoms with E-state index in [1.807, 2.05) is 0 Å². The van der Waals surface area contributed by atoms with E-state index in [-0.39, 0.29) is 17.9 Å². The molecule has 0 spiro atoms. The van der Waals surface area contributed by atoms with Crippen molar-refractivity contribution in [2.75, 3.05) is 20.7 Å². The maximum Gasteiger partial charge on any atom is 0.414 e. The molecule has 102 valence electrons. The van der Waals surface area contributed by atoms with Crippen LogP contribution >= 0.6 is 0 Å². The van der Waals surface area contributed by atoms with Gasteiger partial charge >= 0.3 is 12.1 Å². The molecule has 0 fully saturated rings. The lowest BCUT2D eigenvalue weighted by Crippen LogP contribution is -2.25. The third kappa shape index (κ3) is 4.34. The SMILES string of the molecule is C=CCOc1cc(OC(=O)N(C)C)cc(C(=O)O)c1. The number of aromatic carboxylic acids is 1. The highest BCUT2D eigenvalue weighted by Gasteiger charge is 2.12. The number of carboxylic acid groups (broad SMARTS) is 1. The van der Waals surface area contributed by atoms with Crippen LogP contribution in [0.25, 0.3) is 0 Å². The molecule has 6 nitrogen and oxygen atoms in total. The summed E-state index contributed by atoms with van der Waals surface area (Å²) < 4.78 is 10.2. The van der Waals surface area contributed by atoms with Gasteiger partial charge in [0.25, 0.3) is 0 Å². The molecule has 1 amide bonds. The molecule has 1 rings (SSSR count). The van der Waals surface area contributed by atoms with Crippen molar-refractivity contribution in [3.63, 3.8) is 0 Å². The molecule has 0 saturated carbocycles. The molecular formula is C13H15NO5. The lowest BCUT2D eigenvalue weighted by molar-refractivity contribution is 0.0695. The van der Waals surface area contributed by atoms with Crippen LogP contribution in [0, 0.1) is 0 Å². The molecule has 0 unspecified atom stereocenters. The summed E-state index contributed by atoms with van der Waals surface area (Å²) in [6.45, 7) is 3.72. The predicted molar refractivity (Wildman–Crippen MR) is 68.8 cm³/mol. The second-order valence-electron chi connectivity index (χ2n) is 3.86. The Balaban J connectivity index is 3.02. The first kappa shape index (κ1) is 14.6. The van der Waals surface area contributed by atoms with E-state index < -0.39 is 12.1 Å². The van der Waals surface area contributed by atoms with E-state index in [9.17, 15) is 9.59 Å². The summed E-state index contributed by atoms with van der Waals surface area (Å²) in [5.74, 6) is -0.731.